The van der Waals surface area contributed by atoms with Gasteiger partial charge in [0.1, 0.15) is 0 Å². The maximum Gasteiger partial charge on any atom is 0.257 e. The van der Waals surface area contributed by atoms with E-state index in [9.17, 15) is 14.4 Å². The van der Waals surface area contributed by atoms with Crippen molar-refractivity contribution in [3.8, 4) is 0 Å². The van der Waals surface area contributed by atoms with Crippen molar-refractivity contribution in [3.05, 3.63) is 53.9 Å². The van der Waals surface area contributed by atoms with E-state index in [0.29, 0.717) is 31.6 Å². The van der Waals surface area contributed by atoms with Crippen molar-refractivity contribution in [1.29, 1.82) is 0 Å². The maximum absolute atomic E-state index is 13.1. The van der Waals surface area contributed by atoms with Crippen LogP contribution in [-0.2, 0) is 16.6 Å². The number of rotatable bonds is 3. The average Bonchev–Trinajstić information content (AvgIpc) is 3.28. The van der Waals surface area contributed by atoms with Crippen molar-refractivity contribution in [2.24, 2.45) is 13.0 Å². The first-order valence-electron chi connectivity index (χ1n) is 10.2. The van der Waals surface area contributed by atoms with Crippen molar-refractivity contribution in [2.75, 3.05) is 19.6 Å². The van der Waals surface area contributed by atoms with E-state index >= 15 is 0 Å². The fourth-order valence-electron chi connectivity index (χ4n) is 5.13. The highest BCUT2D eigenvalue weighted by Crippen LogP contribution is 2.47. The Labute approximate surface area is 175 Å². The highest BCUT2D eigenvalue weighted by Gasteiger charge is 2.57. The zero-order valence-electron chi connectivity index (χ0n) is 17.5. The van der Waals surface area contributed by atoms with Gasteiger partial charge in [0.15, 0.2) is 0 Å². The summed E-state index contributed by atoms with van der Waals surface area (Å²) in [5.41, 5.74) is 0.889. The number of carbonyl (C=O) groups excluding carboxylic acids is 3. The molecule has 2 aromatic rings. The normalized spacial score (nSPS) is 25.7. The van der Waals surface area contributed by atoms with Crippen molar-refractivity contribution < 1.29 is 14.4 Å². The number of amides is 3. The van der Waals surface area contributed by atoms with Gasteiger partial charge in [-0.15, -0.1) is 0 Å². The van der Waals surface area contributed by atoms with Crippen LogP contribution in [0.5, 0.6) is 0 Å². The molecule has 2 saturated heterocycles. The van der Waals surface area contributed by atoms with Gasteiger partial charge in [-0.1, -0.05) is 30.3 Å². The maximum atomic E-state index is 13.1. The number of aryl methyl sites for hydroxylation is 1. The van der Waals surface area contributed by atoms with Crippen LogP contribution in [0.2, 0.25) is 0 Å². The van der Waals surface area contributed by atoms with Crippen molar-refractivity contribution in [2.45, 2.75) is 31.8 Å². The quantitative estimate of drug-likeness (QED) is 0.829. The molecule has 158 valence electrons. The van der Waals surface area contributed by atoms with Crippen molar-refractivity contribution in [1.82, 2.24) is 24.9 Å². The second kappa shape index (κ2) is 7.59. The Hall–Kier alpha value is -3.16. The Kier molecular flexibility index (Phi) is 5.09. The minimum atomic E-state index is -0.686. The number of likely N-dealkylation sites (tertiary alicyclic amines) is 2. The molecular formula is C22H27N5O3. The summed E-state index contributed by atoms with van der Waals surface area (Å²) in [6.07, 6.45) is 3.95. The zero-order chi connectivity index (χ0) is 21.5. The molecule has 3 atom stereocenters. The molecule has 0 saturated carbocycles. The van der Waals surface area contributed by atoms with Gasteiger partial charge in [0.05, 0.1) is 23.3 Å². The number of aromatic nitrogens is 2. The van der Waals surface area contributed by atoms with E-state index in [1.54, 1.807) is 35.9 Å². The van der Waals surface area contributed by atoms with Crippen LogP contribution < -0.4 is 5.32 Å². The summed E-state index contributed by atoms with van der Waals surface area (Å²) in [5, 5.41) is 7.23. The Morgan fingerprint density at radius 2 is 1.87 bits per heavy atom. The highest BCUT2D eigenvalue weighted by atomic mass is 16.2. The third-order valence-electron chi connectivity index (χ3n) is 6.27. The number of benzene rings is 1. The van der Waals surface area contributed by atoms with E-state index < -0.39 is 5.54 Å². The number of nitrogens with one attached hydrogen (secondary N) is 1. The lowest BCUT2D eigenvalue weighted by Crippen LogP contribution is -2.64. The predicted molar refractivity (Wildman–Crippen MR) is 110 cm³/mol. The standard InChI is InChI=1S/C22H27N5O3/c1-15(28)24-22-13-26(21(30)18-11-23-25(3)12-18)10-9-19(22)20(27(14-22)16(2)29)17-7-5-4-6-8-17/h4-8,11-12,19-20H,9-10,13-14H2,1-3H3,(H,24,28)/t19-,20-,22-/m1/s1. The molecule has 2 fully saturated rings. The Balaban J connectivity index is 1.70. The van der Waals surface area contributed by atoms with Gasteiger partial charge in [0.2, 0.25) is 11.8 Å². The molecule has 3 heterocycles. The zero-order valence-corrected chi connectivity index (χ0v) is 17.5. The molecule has 2 aliphatic rings. The largest absolute Gasteiger partial charge is 0.347 e. The minimum Gasteiger partial charge on any atom is -0.347 e. The molecule has 0 radical (unpaired) electrons. The van der Waals surface area contributed by atoms with Gasteiger partial charge < -0.3 is 15.1 Å². The predicted octanol–water partition coefficient (Wildman–Crippen LogP) is 1.36. The molecule has 0 bridgehead atoms. The molecular weight excluding hydrogens is 382 g/mol. The number of carbonyl (C=O) groups is 3. The molecule has 2 aliphatic heterocycles. The fourth-order valence-corrected chi connectivity index (χ4v) is 5.13. The number of hydrogen-bond acceptors (Lipinski definition) is 4. The van der Waals surface area contributed by atoms with Crippen molar-refractivity contribution in [3.63, 3.8) is 0 Å². The van der Waals surface area contributed by atoms with Gasteiger partial charge in [-0.2, -0.15) is 5.10 Å². The van der Waals surface area contributed by atoms with Crippen LogP contribution in [0.4, 0.5) is 0 Å². The number of hydrogen-bond donors (Lipinski definition) is 1. The number of piperidine rings is 1. The SMILES string of the molecule is CC(=O)N[C@@]12CN(C(=O)c3cnn(C)c3)CC[C@@H]1[C@@H](c1ccccc1)N(C(C)=O)C2. The van der Waals surface area contributed by atoms with Crippen LogP contribution in [-0.4, -0.2) is 62.5 Å². The van der Waals surface area contributed by atoms with Gasteiger partial charge in [0.25, 0.3) is 5.91 Å². The first-order valence-corrected chi connectivity index (χ1v) is 10.2. The summed E-state index contributed by atoms with van der Waals surface area (Å²) in [6, 6.07) is 9.80. The molecule has 8 nitrogen and oxygen atoms in total. The van der Waals surface area contributed by atoms with Gasteiger partial charge in [-0.05, 0) is 12.0 Å². The fraction of sp³-hybridized carbons (Fsp3) is 0.455. The number of fused-ring (bicyclic) bond motifs is 1. The lowest BCUT2D eigenvalue weighted by Gasteiger charge is -2.45. The van der Waals surface area contributed by atoms with E-state index in [4.69, 9.17) is 0 Å². The van der Waals surface area contributed by atoms with Gasteiger partial charge in [-0.3, -0.25) is 19.1 Å². The molecule has 0 aliphatic carbocycles. The second-order valence-corrected chi connectivity index (χ2v) is 8.36. The Bertz CT molecular complexity index is 972. The molecule has 1 aromatic carbocycles. The van der Waals surface area contributed by atoms with Crippen LogP contribution in [0.15, 0.2) is 42.7 Å². The average molecular weight is 409 g/mol. The van der Waals surface area contributed by atoms with E-state index in [1.807, 2.05) is 35.2 Å². The van der Waals surface area contributed by atoms with E-state index in [0.717, 1.165) is 5.56 Å². The molecule has 0 spiro atoms. The summed E-state index contributed by atoms with van der Waals surface area (Å²) in [5.74, 6) is -0.282. The lowest BCUT2D eigenvalue weighted by molar-refractivity contribution is -0.130. The van der Waals surface area contributed by atoms with Gasteiger partial charge in [-0.25, -0.2) is 0 Å². The van der Waals surface area contributed by atoms with Gasteiger partial charge >= 0.3 is 0 Å². The molecule has 8 heteroatoms. The third-order valence-corrected chi connectivity index (χ3v) is 6.27. The highest BCUT2D eigenvalue weighted by molar-refractivity contribution is 5.94. The minimum absolute atomic E-state index is 0.0191. The lowest BCUT2D eigenvalue weighted by atomic mass is 9.75. The molecule has 4 rings (SSSR count). The van der Waals surface area contributed by atoms with Gasteiger partial charge in [0, 0.05) is 52.6 Å². The topological polar surface area (TPSA) is 87.5 Å². The number of nitrogens with zero attached hydrogens (tertiary/aromatic N) is 4. The summed E-state index contributed by atoms with van der Waals surface area (Å²) in [4.78, 5) is 41.4. The molecule has 1 aromatic heterocycles. The van der Waals surface area contributed by atoms with Crippen LogP contribution in [0.3, 0.4) is 0 Å². The third kappa shape index (κ3) is 3.46. The smallest absolute Gasteiger partial charge is 0.257 e. The molecule has 30 heavy (non-hydrogen) atoms. The van der Waals surface area contributed by atoms with Crippen LogP contribution in [0.25, 0.3) is 0 Å². The Morgan fingerprint density at radius 3 is 2.47 bits per heavy atom. The van der Waals surface area contributed by atoms with Crippen molar-refractivity contribution >= 4 is 17.7 Å². The van der Waals surface area contributed by atoms with Crippen LogP contribution in [0.1, 0.15) is 42.2 Å². The summed E-state index contributed by atoms with van der Waals surface area (Å²) < 4.78 is 1.60. The first-order chi connectivity index (χ1) is 14.3. The first kappa shape index (κ1) is 20.1. The second-order valence-electron chi connectivity index (χ2n) is 8.36. The van der Waals surface area contributed by atoms with Crippen LogP contribution in [0, 0.1) is 5.92 Å². The van der Waals surface area contributed by atoms with E-state index in [2.05, 4.69) is 10.4 Å². The summed E-state index contributed by atoms with van der Waals surface area (Å²) in [7, 11) is 1.77. The summed E-state index contributed by atoms with van der Waals surface area (Å²) in [6.45, 7) is 4.35. The molecule has 3 amide bonds. The molecule has 1 N–H and O–H groups in total. The monoisotopic (exact) mass is 409 g/mol. The Morgan fingerprint density at radius 1 is 1.13 bits per heavy atom. The van der Waals surface area contributed by atoms with Crippen LogP contribution >= 0.6 is 0 Å². The molecule has 0 unspecified atom stereocenters. The summed E-state index contributed by atoms with van der Waals surface area (Å²) >= 11 is 0. The van der Waals surface area contributed by atoms with E-state index in [-0.39, 0.29) is 29.7 Å². The van der Waals surface area contributed by atoms with E-state index in [1.165, 1.54) is 6.92 Å².